The molecule has 1 N–H and O–H groups in total. The third-order valence-electron chi connectivity index (χ3n) is 4.31. The number of anilines is 1. The summed E-state index contributed by atoms with van der Waals surface area (Å²) >= 11 is 0. The number of amides is 2. The summed E-state index contributed by atoms with van der Waals surface area (Å²) < 4.78 is 43.0. The summed E-state index contributed by atoms with van der Waals surface area (Å²) in [7, 11) is 0. The van der Waals surface area contributed by atoms with Gasteiger partial charge in [0.2, 0.25) is 5.91 Å². The zero-order valence-electron chi connectivity index (χ0n) is 13.8. The van der Waals surface area contributed by atoms with E-state index in [1.165, 1.54) is 4.90 Å². The summed E-state index contributed by atoms with van der Waals surface area (Å²) in [5.41, 5.74) is -0.976. The minimum absolute atomic E-state index is 0.0557. The first-order valence-corrected chi connectivity index (χ1v) is 8.18. The first kappa shape index (κ1) is 18.2. The Morgan fingerprint density at radius 3 is 2.62 bits per heavy atom. The fourth-order valence-corrected chi connectivity index (χ4v) is 2.94. The van der Waals surface area contributed by atoms with Crippen LogP contribution in [0.25, 0.3) is 0 Å². The molecule has 2 aliphatic rings. The summed E-state index contributed by atoms with van der Waals surface area (Å²) in [4.78, 5) is 33.5. The number of nitrogens with one attached hydrogen (secondary N) is 1. The highest BCUT2D eigenvalue weighted by Crippen LogP contribution is 2.29. The van der Waals surface area contributed by atoms with Crippen molar-refractivity contribution in [3.63, 3.8) is 0 Å². The first-order valence-electron chi connectivity index (χ1n) is 8.18. The zero-order valence-corrected chi connectivity index (χ0v) is 13.8. The van der Waals surface area contributed by atoms with Crippen LogP contribution in [0.1, 0.15) is 18.5 Å². The highest BCUT2D eigenvalue weighted by molar-refractivity contribution is 5.83. The van der Waals surface area contributed by atoms with Crippen molar-refractivity contribution >= 4 is 17.8 Å². The molecule has 0 atom stereocenters. The molecule has 26 heavy (non-hydrogen) atoms. The molecule has 2 fully saturated rings. The molecular formula is C15H18F3N5O3. The summed E-state index contributed by atoms with van der Waals surface area (Å²) in [5.74, 6) is -0.0550. The van der Waals surface area contributed by atoms with Gasteiger partial charge in [-0.1, -0.05) is 0 Å². The zero-order chi connectivity index (χ0) is 18.7. The standard InChI is InChI=1S/C15H18F3N5O3/c16-15(17,18)11-7-12(20-9-19-11)22-3-1-10(2-4-22)21-13(24)8-23-5-6-26-14(23)25/h7,9-10H,1-6,8H2,(H,21,24). The van der Waals surface area contributed by atoms with Crippen LogP contribution in [-0.2, 0) is 15.7 Å². The number of halogens is 3. The number of ether oxygens (including phenoxy) is 1. The summed E-state index contributed by atoms with van der Waals surface area (Å²) in [6, 6.07) is 0.832. The van der Waals surface area contributed by atoms with Gasteiger partial charge in [0, 0.05) is 25.2 Å². The van der Waals surface area contributed by atoms with Gasteiger partial charge in [0.05, 0.1) is 6.54 Å². The van der Waals surface area contributed by atoms with Crippen LogP contribution in [0.3, 0.4) is 0 Å². The largest absolute Gasteiger partial charge is 0.448 e. The lowest BCUT2D eigenvalue weighted by Gasteiger charge is -2.33. The molecule has 11 heteroatoms. The molecule has 142 valence electrons. The van der Waals surface area contributed by atoms with Gasteiger partial charge < -0.3 is 15.0 Å². The number of alkyl halides is 3. The van der Waals surface area contributed by atoms with E-state index in [9.17, 15) is 22.8 Å². The van der Waals surface area contributed by atoms with Crippen molar-refractivity contribution in [2.24, 2.45) is 0 Å². The van der Waals surface area contributed by atoms with Crippen molar-refractivity contribution in [2.75, 3.05) is 37.7 Å². The maximum Gasteiger partial charge on any atom is 0.433 e. The van der Waals surface area contributed by atoms with E-state index in [-0.39, 0.29) is 30.9 Å². The second-order valence-electron chi connectivity index (χ2n) is 6.12. The Balaban J connectivity index is 1.50. The third kappa shape index (κ3) is 4.33. The fraction of sp³-hybridized carbons (Fsp3) is 0.600. The van der Waals surface area contributed by atoms with Gasteiger partial charge in [0.15, 0.2) is 0 Å². The van der Waals surface area contributed by atoms with Gasteiger partial charge in [-0.05, 0) is 12.8 Å². The molecule has 0 aliphatic carbocycles. The molecule has 0 bridgehead atoms. The second-order valence-corrected chi connectivity index (χ2v) is 6.12. The maximum absolute atomic E-state index is 12.7. The Labute approximate surface area is 147 Å². The van der Waals surface area contributed by atoms with Crippen LogP contribution in [0.2, 0.25) is 0 Å². The lowest BCUT2D eigenvalue weighted by Crippen LogP contribution is -2.47. The smallest absolute Gasteiger partial charge is 0.433 e. The van der Waals surface area contributed by atoms with Gasteiger partial charge in [-0.25, -0.2) is 14.8 Å². The van der Waals surface area contributed by atoms with Gasteiger partial charge in [0.25, 0.3) is 0 Å². The van der Waals surface area contributed by atoms with Crippen LogP contribution in [0.15, 0.2) is 12.4 Å². The molecule has 2 saturated heterocycles. The fourth-order valence-electron chi connectivity index (χ4n) is 2.94. The number of aromatic nitrogens is 2. The van der Waals surface area contributed by atoms with E-state index in [1.807, 2.05) is 0 Å². The Hall–Kier alpha value is -2.59. The molecule has 2 amide bonds. The minimum atomic E-state index is -4.51. The van der Waals surface area contributed by atoms with Gasteiger partial charge in [-0.2, -0.15) is 13.2 Å². The van der Waals surface area contributed by atoms with Crippen LogP contribution < -0.4 is 10.2 Å². The average molecular weight is 373 g/mol. The number of hydrogen-bond donors (Lipinski definition) is 1. The van der Waals surface area contributed by atoms with E-state index in [0.717, 1.165) is 12.4 Å². The summed E-state index contributed by atoms with van der Waals surface area (Å²) in [6.45, 7) is 1.54. The van der Waals surface area contributed by atoms with Crippen molar-refractivity contribution in [2.45, 2.75) is 25.1 Å². The molecule has 0 spiro atoms. The van der Waals surface area contributed by atoms with Crippen LogP contribution >= 0.6 is 0 Å². The van der Waals surface area contributed by atoms with Crippen molar-refractivity contribution in [3.8, 4) is 0 Å². The van der Waals surface area contributed by atoms with Crippen molar-refractivity contribution in [1.82, 2.24) is 20.2 Å². The lowest BCUT2D eigenvalue weighted by molar-refractivity contribution is -0.141. The average Bonchev–Trinajstić information content (AvgIpc) is 2.99. The molecule has 0 unspecified atom stereocenters. The predicted octanol–water partition coefficient (Wildman–Crippen LogP) is 1.03. The summed E-state index contributed by atoms with van der Waals surface area (Å²) in [5, 5.41) is 2.85. The second kappa shape index (κ2) is 7.34. The number of cyclic esters (lactones) is 1. The Morgan fingerprint density at radius 1 is 1.27 bits per heavy atom. The van der Waals surface area contributed by atoms with E-state index in [4.69, 9.17) is 4.74 Å². The lowest BCUT2D eigenvalue weighted by atomic mass is 10.0. The number of carbonyl (C=O) groups excluding carboxylic acids is 2. The van der Waals surface area contributed by atoms with Crippen LogP contribution in [-0.4, -0.2) is 65.7 Å². The van der Waals surface area contributed by atoms with E-state index in [1.54, 1.807) is 4.90 Å². The monoisotopic (exact) mass is 373 g/mol. The quantitative estimate of drug-likeness (QED) is 0.848. The molecule has 0 aromatic carbocycles. The van der Waals surface area contributed by atoms with Crippen molar-refractivity contribution in [1.29, 1.82) is 0 Å². The molecule has 3 rings (SSSR count). The predicted molar refractivity (Wildman–Crippen MR) is 83.3 cm³/mol. The van der Waals surface area contributed by atoms with E-state index in [0.29, 0.717) is 32.5 Å². The van der Waals surface area contributed by atoms with E-state index >= 15 is 0 Å². The highest BCUT2D eigenvalue weighted by Gasteiger charge is 2.33. The Morgan fingerprint density at radius 2 is 2.00 bits per heavy atom. The van der Waals surface area contributed by atoms with Gasteiger partial charge in [-0.3, -0.25) is 9.69 Å². The van der Waals surface area contributed by atoms with Crippen LogP contribution in [0.4, 0.5) is 23.8 Å². The Bertz CT molecular complexity index is 677. The molecule has 1 aromatic rings. The molecule has 8 nitrogen and oxygen atoms in total. The normalized spacial score (nSPS) is 18.8. The van der Waals surface area contributed by atoms with Crippen molar-refractivity contribution in [3.05, 3.63) is 18.1 Å². The van der Waals surface area contributed by atoms with Crippen LogP contribution in [0, 0.1) is 0 Å². The Kier molecular flexibility index (Phi) is 5.14. The molecule has 3 heterocycles. The number of carbonyl (C=O) groups is 2. The van der Waals surface area contributed by atoms with E-state index < -0.39 is 18.0 Å². The SMILES string of the molecule is O=C(CN1CCOC1=O)NC1CCN(c2cc(C(F)(F)F)ncn2)CC1. The number of piperidine rings is 1. The van der Waals surface area contributed by atoms with Gasteiger partial charge >= 0.3 is 12.3 Å². The summed E-state index contributed by atoms with van der Waals surface area (Å²) in [6.07, 6.45) is -2.97. The number of rotatable bonds is 4. The molecular weight excluding hydrogens is 355 g/mol. The molecule has 0 saturated carbocycles. The van der Waals surface area contributed by atoms with Gasteiger partial charge in [0.1, 0.15) is 31.0 Å². The molecule has 1 aromatic heterocycles. The van der Waals surface area contributed by atoms with Gasteiger partial charge in [-0.15, -0.1) is 0 Å². The maximum atomic E-state index is 12.7. The van der Waals surface area contributed by atoms with E-state index in [2.05, 4.69) is 15.3 Å². The minimum Gasteiger partial charge on any atom is -0.448 e. The topological polar surface area (TPSA) is 87.7 Å². The number of nitrogens with zero attached hydrogens (tertiary/aromatic N) is 4. The third-order valence-corrected chi connectivity index (χ3v) is 4.31. The van der Waals surface area contributed by atoms with Crippen molar-refractivity contribution < 1.29 is 27.5 Å². The first-order chi connectivity index (χ1) is 12.3. The number of hydrogen-bond acceptors (Lipinski definition) is 6. The molecule has 0 radical (unpaired) electrons. The highest BCUT2D eigenvalue weighted by atomic mass is 19.4. The molecule has 2 aliphatic heterocycles. The van der Waals surface area contributed by atoms with Crippen LogP contribution in [0.5, 0.6) is 0 Å².